The predicted octanol–water partition coefficient (Wildman–Crippen LogP) is -0.00110. The molecule has 33 heavy (non-hydrogen) atoms. The van der Waals surface area contributed by atoms with Crippen LogP contribution in [0.25, 0.3) is 0 Å². The first-order valence-electron chi connectivity index (χ1n) is 11.5. The van der Waals surface area contributed by atoms with Gasteiger partial charge in [0, 0.05) is 64.7 Å². The van der Waals surface area contributed by atoms with Crippen molar-refractivity contribution >= 4 is 29.3 Å². The summed E-state index contributed by atoms with van der Waals surface area (Å²) in [6, 6.07) is 4.30. The predicted molar refractivity (Wildman–Crippen MR) is 119 cm³/mol. The van der Waals surface area contributed by atoms with Crippen molar-refractivity contribution in [2.45, 2.75) is 31.7 Å². The number of anilines is 1. The van der Waals surface area contributed by atoms with Crippen LogP contribution in [0.1, 0.15) is 46.4 Å². The number of fused-ring (bicyclic) bond motifs is 1. The minimum absolute atomic E-state index is 0.105. The molecule has 4 rings (SSSR count). The number of carbonyl (C=O) groups excluding carboxylic acids is 4. The molecule has 0 radical (unpaired) electrons. The zero-order valence-electron chi connectivity index (χ0n) is 18.6. The molecule has 10 nitrogen and oxygen atoms in total. The Morgan fingerprint density at radius 3 is 2.42 bits per heavy atom. The van der Waals surface area contributed by atoms with Crippen LogP contribution in [-0.2, 0) is 14.3 Å². The molecule has 0 aliphatic carbocycles. The molecule has 1 atom stereocenters. The van der Waals surface area contributed by atoms with E-state index in [4.69, 9.17) is 9.84 Å². The number of hydrogen-bond donors (Lipinski definition) is 2. The summed E-state index contributed by atoms with van der Waals surface area (Å²) in [5, 5.41) is 11.0. The number of ether oxygens (including phenoxy) is 1. The average Bonchev–Trinajstić information content (AvgIpc) is 3.06. The molecule has 0 bridgehead atoms. The molecule has 3 heterocycles. The maximum Gasteiger partial charge on any atom is 0.262 e. The molecule has 2 fully saturated rings. The Kier molecular flexibility index (Phi) is 7.36. The van der Waals surface area contributed by atoms with E-state index < -0.39 is 23.8 Å². The van der Waals surface area contributed by atoms with Gasteiger partial charge in [-0.15, -0.1) is 0 Å². The fourth-order valence-electron chi connectivity index (χ4n) is 4.54. The molecule has 4 amide bonds. The van der Waals surface area contributed by atoms with Gasteiger partial charge < -0.3 is 14.7 Å². The summed E-state index contributed by atoms with van der Waals surface area (Å²) >= 11 is 0. The van der Waals surface area contributed by atoms with Crippen molar-refractivity contribution < 1.29 is 29.0 Å². The lowest BCUT2D eigenvalue weighted by Gasteiger charge is -2.36. The van der Waals surface area contributed by atoms with Crippen LogP contribution < -0.4 is 10.2 Å². The zero-order valence-corrected chi connectivity index (χ0v) is 18.6. The third-order valence-corrected chi connectivity index (χ3v) is 6.37. The van der Waals surface area contributed by atoms with Gasteiger partial charge in [0.25, 0.3) is 11.8 Å². The van der Waals surface area contributed by atoms with Gasteiger partial charge in [0.05, 0.1) is 11.1 Å². The number of piperidine rings is 1. The highest BCUT2D eigenvalue weighted by Gasteiger charge is 2.44. The van der Waals surface area contributed by atoms with Crippen LogP contribution >= 0.6 is 0 Å². The Morgan fingerprint density at radius 1 is 0.970 bits per heavy atom. The third kappa shape index (κ3) is 5.07. The summed E-state index contributed by atoms with van der Waals surface area (Å²) in [6.07, 6.45) is 1.86. The number of hydrogen-bond acceptors (Lipinski definition) is 8. The van der Waals surface area contributed by atoms with E-state index >= 15 is 0 Å². The number of nitrogens with zero attached hydrogens (tertiary/aromatic N) is 3. The van der Waals surface area contributed by atoms with Crippen molar-refractivity contribution in [1.29, 1.82) is 0 Å². The van der Waals surface area contributed by atoms with E-state index in [0.29, 0.717) is 30.8 Å². The summed E-state index contributed by atoms with van der Waals surface area (Å²) in [6.45, 7) is 5.78. The van der Waals surface area contributed by atoms with Gasteiger partial charge in [-0.05, 0) is 37.5 Å². The third-order valence-electron chi connectivity index (χ3n) is 6.37. The lowest BCUT2D eigenvalue weighted by Crippen LogP contribution is -2.54. The number of aliphatic hydroxyl groups excluding tert-OH is 1. The topological polar surface area (TPSA) is 119 Å². The van der Waals surface area contributed by atoms with E-state index in [9.17, 15) is 19.2 Å². The number of aliphatic hydroxyl groups is 1. The summed E-state index contributed by atoms with van der Waals surface area (Å²) < 4.78 is 5.48. The molecule has 2 N–H and O–H groups in total. The monoisotopic (exact) mass is 458 g/mol. The number of nitrogens with one attached hydrogen (secondary N) is 1. The first-order chi connectivity index (χ1) is 16.0. The normalized spacial score (nSPS) is 21.5. The van der Waals surface area contributed by atoms with E-state index in [-0.39, 0.29) is 25.4 Å². The molecule has 10 heteroatoms. The Morgan fingerprint density at radius 2 is 1.70 bits per heavy atom. The average molecular weight is 459 g/mol. The number of imide groups is 2. The van der Waals surface area contributed by atoms with E-state index in [2.05, 4.69) is 15.1 Å². The first-order valence-corrected chi connectivity index (χ1v) is 11.5. The second-order valence-corrected chi connectivity index (χ2v) is 8.55. The molecule has 1 aromatic rings. The molecule has 3 aliphatic rings. The molecular weight excluding hydrogens is 428 g/mol. The van der Waals surface area contributed by atoms with Gasteiger partial charge in [-0.25, -0.2) is 0 Å². The van der Waals surface area contributed by atoms with Gasteiger partial charge in [0.1, 0.15) is 6.04 Å². The highest BCUT2D eigenvalue weighted by Crippen LogP contribution is 2.31. The van der Waals surface area contributed by atoms with Gasteiger partial charge in [-0.2, -0.15) is 0 Å². The summed E-state index contributed by atoms with van der Waals surface area (Å²) in [7, 11) is 0. The number of carbonyl (C=O) groups is 4. The Hall–Kier alpha value is -2.82. The molecule has 2 saturated heterocycles. The molecule has 0 spiro atoms. The van der Waals surface area contributed by atoms with Crippen LogP contribution in [0.3, 0.4) is 0 Å². The van der Waals surface area contributed by atoms with Gasteiger partial charge in [0.15, 0.2) is 0 Å². The molecule has 1 unspecified atom stereocenters. The molecular formula is C23H30N4O6. The van der Waals surface area contributed by atoms with Crippen LogP contribution in [0.2, 0.25) is 0 Å². The van der Waals surface area contributed by atoms with Gasteiger partial charge in [-0.3, -0.25) is 34.3 Å². The van der Waals surface area contributed by atoms with Crippen molar-refractivity contribution in [2.24, 2.45) is 0 Å². The van der Waals surface area contributed by atoms with Gasteiger partial charge >= 0.3 is 0 Å². The lowest BCUT2D eigenvalue weighted by atomic mass is 10.0. The SMILES string of the molecule is O=C1CCC(N2C(=O)c3ccc(N4CCN(CCCOCCCO)CC4)cc3C2=O)C(=O)N1. The maximum absolute atomic E-state index is 13.0. The number of rotatable bonds is 9. The highest BCUT2D eigenvalue weighted by molar-refractivity contribution is 6.23. The van der Waals surface area contributed by atoms with Crippen LogP contribution in [0, 0.1) is 0 Å². The maximum atomic E-state index is 13.0. The summed E-state index contributed by atoms with van der Waals surface area (Å²) in [5.74, 6) is -1.95. The summed E-state index contributed by atoms with van der Waals surface area (Å²) in [4.78, 5) is 55.1. The van der Waals surface area contributed by atoms with Crippen molar-refractivity contribution in [1.82, 2.24) is 15.1 Å². The Labute approximate surface area is 192 Å². The summed E-state index contributed by atoms with van der Waals surface area (Å²) in [5.41, 5.74) is 1.49. The van der Waals surface area contributed by atoms with Crippen molar-refractivity contribution in [3.05, 3.63) is 29.3 Å². The van der Waals surface area contributed by atoms with Crippen LogP contribution in [0.5, 0.6) is 0 Å². The highest BCUT2D eigenvalue weighted by atomic mass is 16.5. The number of amides is 4. The number of benzene rings is 1. The molecule has 3 aliphatic heterocycles. The fraction of sp³-hybridized carbons (Fsp3) is 0.565. The van der Waals surface area contributed by atoms with Crippen LogP contribution in [0.4, 0.5) is 5.69 Å². The Balaban J connectivity index is 1.33. The molecule has 0 aromatic heterocycles. The molecule has 1 aromatic carbocycles. The largest absolute Gasteiger partial charge is 0.396 e. The quantitative estimate of drug-likeness (QED) is 0.392. The zero-order chi connectivity index (χ0) is 23.4. The van der Waals surface area contributed by atoms with E-state index in [0.717, 1.165) is 49.7 Å². The first kappa shape index (κ1) is 23.3. The van der Waals surface area contributed by atoms with Crippen LogP contribution in [0.15, 0.2) is 18.2 Å². The van der Waals surface area contributed by atoms with Gasteiger partial charge in [-0.1, -0.05) is 0 Å². The fourth-order valence-corrected chi connectivity index (χ4v) is 4.54. The second-order valence-electron chi connectivity index (χ2n) is 8.55. The van der Waals surface area contributed by atoms with E-state index in [1.54, 1.807) is 12.1 Å². The molecule has 0 saturated carbocycles. The molecule has 178 valence electrons. The van der Waals surface area contributed by atoms with Crippen molar-refractivity contribution in [3.63, 3.8) is 0 Å². The van der Waals surface area contributed by atoms with Crippen molar-refractivity contribution in [3.8, 4) is 0 Å². The second kappa shape index (κ2) is 10.4. The van der Waals surface area contributed by atoms with Crippen molar-refractivity contribution in [2.75, 3.05) is 57.4 Å². The van der Waals surface area contributed by atoms with E-state index in [1.807, 2.05) is 6.07 Å². The smallest absolute Gasteiger partial charge is 0.262 e. The number of piperazine rings is 1. The Bertz CT molecular complexity index is 928. The van der Waals surface area contributed by atoms with Crippen LogP contribution in [-0.4, -0.2) is 97.1 Å². The minimum Gasteiger partial charge on any atom is -0.396 e. The standard InChI is InChI=1S/C23H30N4O6/c28-12-2-14-33-13-1-7-25-8-10-26(11-9-25)16-3-4-17-18(15-16)23(32)27(22(17)31)19-5-6-20(29)24-21(19)30/h3-4,15,19,28H,1-2,5-14H2,(H,24,29,30). The van der Waals surface area contributed by atoms with E-state index in [1.165, 1.54) is 0 Å². The van der Waals surface area contributed by atoms with Gasteiger partial charge in [0.2, 0.25) is 11.8 Å². The minimum atomic E-state index is -0.949. The lowest BCUT2D eigenvalue weighted by molar-refractivity contribution is -0.136.